The maximum Gasteiger partial charge on any atom is 0.345 e. The summed E-state index contributed by atoms with van der Waals surface area (Å²) < 4.78 is 4.44. The van der Waals surface area contributed by atoms with Crippen molar-refractivity contribution in [2.24, 2.45) is 0 Å². The zero-order chi connectivity index (χ0) is 10.0. The average Bonchev–Trinajstić information content (AvgIpc) is 2.02. The van der Waals surface area contributed by atoms with Crippen LogP contribution in [0.3, 0.4) is 0 Å². The van der Waals surface area contributed by atoms with E-state index in [-0.39, 0.29) is 5.56 Å². The van der Waals surface area contributed by atoms with Gasteiger partial charge in [-0.3, -0.25) is 4.79 Å². The third-order valence-electron chi connectivity index (χ3n) is 1.61. The molecule has 0 saturated carbocycles. The molecular formula is C8H10N2O3. The van der Waals surface area contributed by atoms with Gasteiger partial charge in [-0.25, -0.2) is 9.78 Å². The van der Waals surface area contributed by atoms with E-state index in [1.807, 2.05) is 0 Å². The second kappa shape index (κ2) is 3.38. The standard InChI is InChI=1S/C8H10N2O3/c1-4-6(8(12)13-3)7(11)10-5(2)9-4/h1-3H3,(H,9,10,11). The van der Waals surface area contributed by atoms with Gasteiger partial charge in [0.15, 0.2) is 0 Å². The molecule has 0 aliphatic rings. The number of nitrogens with zero attached hydrogens (tertiary/aromatic N) is 1. The lowest BCUT2D eigenvalue weighted by molar-refractivity contribution is 0.0597. The topological polar surface area (TPSA) is 72.0 Å². The van der Waals surface area contributed by atoms with Gasteiger partial charge in [-0.15, -0.1) is 0 Å². The number of nitrogens with one attached hydrogen (secondary N) is 1. The first kappa shape index (κ1) is 9.44. The molecule has 0 bridgehead atoms. The van der Waals surface area contributed by atoms with Crippen molar-refractivity contribution in [3.63, 3.8) is 0 Å². The average molecular weight is 182 g/mol. The number of H-pyrrole nitrogens is 1. The molecule has 0 spiro atoms. The van der Waals surface area contributed by atoms with Crippen molar-refractivity contribution in [3.8, 4) is 0 Å². The fourth-order valence-corrected chi connectivity index (χ4v) is 1.07. The Kier molecular flexibility index (Phi) is 2.46. The molecule has 0 radical (unpaired) electrons. The molecule has 0 saturated heterocycles. The van der Waals surface area contributed by atoms with E-state index in [1.165, 1.54) is 7.11 Å². The highest BCUT2D eigenvalue weighted by molar-refractivity contribution is 5.89. The summed E-state index contributed by atoms with van der Waals surface area (Å²) in [7, 11) is 1.22. The Hall–Kier alpha value is -1.65. The van der Waals surface area contributed by atoms with Gasteiger partial charge in [-0.2, -0.15) is 0 Å². The van der Waals surface area contributed by atoms with Crippen molar-refractivity contribution in [2.75, 3.05) is 7.11 Å². The van der Waals surface area contributed by atoms with Gasteiger partial charge >= 0.3 is 5.97 Å². The van der Waals surface area contributed by atoms with Gasteiger partial charge in [0.1, 0.15) is 11.4 Å². The lowest BCUT2D eigenvalue weighted by atomic mass is 10.2. The smallest absolute Gasteiger partial charge is 0.345 e. The Labute approximate surface area is 74.8 Å². The summed E-state index contributed by atoms with van der Waals surface area (Å²) in [5, 5.41) is 0. The third-order valence-corrected chi connectivity index (χ3v) is 1.61. The molecule has 0 amide bonds. The van der Waals surface area contributed by atoms with Crippen molar-refractivity contribution in [1.29, 1.82) is 0 Å². The van der Waals surface area contributed by atoms with Crippen LogP contribution >= 0.6 is 0 Å². The van der Waals surface area contributed by atoms with Crippen LogP contribution in [-0.4, -0.2) is 23.0 Å². The van der Waals surface area contributed by atoms with Crippen molar-refractivity contribution < 1.29 is 9.53 Å². The van der Waals surface area contributed by atoms with Gasteiger partial charge in [0.2, 0.25) is 0 Å². The van der Waals surface area contributed by atoms with Crippen LogP contribution in [0, 0.1) is 13.8 Å². The van der Waals surface area contributed by atoms with E-state index in [1.54, 1.807) is 13.8 Å². The Morgan fingerprint density at radius 1 is 1.46 bits per heavy atom. The first-order valence-corrected chi connectivity index (χ1v) is 3.72. The van der Waals surface area contributed by atoms with Crippen LogP contribution in [0.5, 0.6) is 0 Å². The lowest BCUT2D eigenvalue weighted by Crippen LogP contribution is -2.22. The fraction of sp³-hybridized carbons (Fsp3) is 0.375. The van der Waals surface area contributed by atoms with E-state index in [2.05, 4.69) is 14.7 Å². The third kappa shape index (κ3) is 1.74. The molecule has 0 fully saturated rings. The predicted molar refractivity (Wildman–Crippen MR) is 45.7 cm³/mol. The number of hydrogen-bond acceptors (Lipinski definition) is 4. The van der Waals surface area contributed by atoms with Crippen molar-refractivity contribution in [2.45, 2.75) is 13.8 Å². The van der Waals surface area contributed by atoms with Crippen LogP contribution in [0.25, 0.3) is 0 Å². The number of rotatable bonds is 1. The quantitative estimate of drug-likeness (QED) is 0.628. The van der Waals surface area contributed by atoms with Crippen LogP contribution in [0.15, 0.2) is 4.79 Å². The molecule has 0 aromatic carbocycles. The molecule has 0 atom stereocenters. The first-order valence-electron chi connectivity index (χ1n) is 3.72. The second-order valence-electron chi connectivity index (χ2n) is 2.60. The minimum atomic E-state index is -0.661. The normalized spacial score (nSPS) is 9.77. The molecule has 1 N–H and O–H groups in total. The van der Waals surface area contributed by atoms with Crippen LogP contribution in [0.1, 0.15) is 21.9 Å². The highest BCUT2D eigenvalue weighted by Crippen LogP contribution is 1.99. The Bertz CT molecular complexity index is 395. The molecular weight excluding hydrogens is 172 g/mol. The van der Waals surface area contributed by atoms with Gasteiger partial charge in [0.25, 0.3) is 5.56 Å². The molecule has 1 rings (SSSR count). The molecule has 5 nitrogen and oxygen atoms in total. The summed E-state index contributed by atoms with van der Waals surface area (Å²) in [6.07, 6.45) is 0. The summed E-state index contributed by atoms with van der Waals surface area (Å²) in [6.45, 7) is 3.24. The van der Waals surface area contributed by atoms with Crippen LogP contribution < -0.4 is 5.56 Å². The zero-order valence-electron chi connectivity index (χ0n) is 7.67. The number of carbonyl (C=O) groups is 1. The Morgan fingerprint density at radius 2 is 2.08 bits per heavy atom. The van der Waals surface area contributed by atoms with E-state index < -0.39 is 11.5 Å². The summed E-state index contributed by atoms with van der Waals surface area (Å²) in [5.41, 5.74) is -0.113. The van der Waals surface area contributed by atoms with Crippen LogP contribution in [0.4, 0.5) is 0 Å². The summed E-state index contributed by atoms with van der Waals surface area (Å²) in [5.74, 6) is -0.179. The monoisotopic (exact) mass is 182 g/mol. The van der Waals surface area contributed by atoms with Gasteiger partial charge in [-0.1, -0.05) is 0 Å². The Morgan fingerprint density at radius 3 is 2.54 bits per heavy atom. The number of aromatic amines is 1. The highest BCUT2D eigenvalue weighted by atomic mass is 16.5. The molecule has 13 heavy (non-hydrogen) atoms. The molecule has 1 heterocycles. The van der Waals surface area contributed by atoms with E-state index >= 15 is 0 Å². The maximum atomic E-state index is 11.3. The Balaban J connectivity index is 3.38. The molecule has 1 aromatic heterocycles. The molecule has 0 aliphatic carbocycles. The van der Waals surface area contributed by atoms with E-state index in [4.69, 9.17) is 0 Å². The van der Waals surface area contributed by atoms with Gasteiger partial charge in [0.05, 0.1) is 12.8 Å². The summed E-state index contributed by atoms with van der Waals surface area (Å²) in [4.78, 5) is 28.7. The van der Waals surface area contributed by atoms with Crippen molar-refractivity contribution in [3.05, 3.63) is 27.4 Å². The predicted octanol–water partition coefficient (Wildman–Crippen LogP) is 0.173. The number of esters is 1. The van der Waals surface area contributed by atoms with Gasteiger partial charge < -0.3 is 9.72 Å². The highest BCUT2D eigenvalue weighted by Gasteiger charge is 2.15. The largest absolute Gasteiger partial charge is 0.465 e. The fourth-order valence-electron chi connectivity index (χ4n) is 1.07. The number of ether oxygens (including phenoxy) is 1. The summed E-state index contributed by atoms with van der Waals surface area (Å²) in [6, 6.07) is 0. The molecule has 5 heteroatoms. The lowest BCUT2D eigenvalue weighted by Gasteiger charge is -2.01. The zero-order valence-corrected chi connectivity index (χ0v) is 7.67. The number of aromatic nitrogens is 2. The van der Waals surface area contributed by atoms with Crippen molar-refractivity contribution >= 4 is 5.97 Å². The first-order chi connectivity index (χ1) is 6.06. The number of aryl methyl sites for hydroxylation is 2. The minimum Gasteiger partial charge on any atom is -0.465 e. The number of carbonyl (C=O) groups excluding carboxylic acids is 1. The molecule has 70 valence electrons. The summed E-state index contributed by atoms with van der Waals surface area (Å²) >= 11 is 0. The maximum absolute atomic E-state index is 11.3. The number of methoxy groups -OCH3 is 1. The van der Waals surface area contributed by atoms with E-state index in [0.29, 0.717) is 11.5 Å². The van der Waals surface area contributed by atoms with Gasteiger partial charge in [0, 0.05) is 0 Å². The van der Waals surface area contributed by atoms with E-state index in [0.717, 1.165) is 0 Å². The van der Waals surface area contributed by atoms with Crippen LogP contribution in [0.2, 0.25) is 0 Å². The van der Waals surface area contributed by atoms with Crippen molar-refractivity contribution in [1.82, 2.24) is 9.97 Å². The molecule has 1 aromatic rings. The molecule has 0 aliphatic heterocycles. The van der Waals surface area contributed by atoms with Gasteiger partial charge in [-0.05, 0) is 13.8 Å². The molecule has 0 unspecified atom stereocenters. The van der Waals surface area contributed by atoms with Crippen LogP contribution in [-0.2, 0) is 4.74 Å². The van der Waals surface area contributed by atoms with E-state index in [9.17, 15) is 9.59 Å². The SMILES string of the molecule is COC(=O)c1c(C)nc(C)[nH]c1=O. The minimum absolute atomic E-state index is 0.0342. The second-order valence-corrected chi connectivity index (χ2v) is 2.60. The number of hydrogen-bond donors (Lipinski definition) is 1.